The first-order chi connectivity index (χ1) is 12.0. The highest BCUT2D eigenvalue weighted by Crippen LogP contribution is 2.51. The van der Waals surface area contributed by atoms with E-state index in [0.29, 0.717) is 11.8 Å². The third-order valence-electron chi connectivity index (χ3n) is 5.12. The lowest BCUT2D eigenvalue weighted by Crippen LogP contribution is -2.33. The molecule has 1 unspecified atom stereocenters. The number of hydrogen-bond acceptors (Lipinski definition) is 2. The predicted octanol–water partition coefficient (Wildman–Crippen LogP) is 4.18. The SMILES string of the molecule is [C-]#[N+]C(CC#CCOC(C)=O)([N+]#[C-])C1=C[C@H]2CCC(C2)[C@@H]1C(C)=C=C. The molecule has 0 spiro atoms. The van der Waals surface area contributed by atoms with Crippen LogP contribution >= 0.6 is 0 Å². The Morgan fingerprint density at radius 1 is 1.36 bits per heavy atom. The van der Waals surface area contributed by atoms with Crippen molar-refractivity contribution >= 4 is 5.97 Å². The lowest BCUT2D eigenvalue weighted by Gasteiger charge is -2.30. The smallest absolute Gasteiger partial charge is 0.453 e. The fourth-order valence-electron chi connectivity index (χ4n) is 3.91. The topological polar surface area (TPSA) is 35.0 Å². The molecule has 0 aromatic carbocycles. The average molecular weight is 334 g/mol. The molecule has 1 saturated carbocycles. The van der Waals surface area contributed by atoms with Crippen LogP contribution in [0.25, 0.3) is 9.69 Å². The van der Waals surface area contributed by atoms with Crippen molar-refractivity contribution in [1.82, 2.24) is 0 Å². The van der Waals surface area contributed by atoms with Gasteiger partial charge in [0.15, 0.2) is 13.0 Å². The summed E-state index contributed by atoms with van der Waals surface area (Å²) in [4.78, 5) is 18.2. The third kappa shape index (κ3) is 3.85. The molecule has 2 aliphatic rings. The van der Waals surface area contributed by atoms with Crippen molar-refractivity contribution < 1.29 is 9.53 Å². The molecule has 2 aliphatic carbocycles. The number of allylic oxidation sites excluding steroid dienone is 2. The molecule has 3 atom stereocenters. The fourth-order valence-corrected chi connectivity index (χ4v) is 3.91. The Labute approximate surface area is 149 Å². The molecule has 0 radical (unpaired) electrons. The Balaban J connectivity index is 2.34. The maximum Gasteiger partial charge on any atom is 0.517 e. The summed E-state index contributed by atoms with van der Waals surface area (Å²) in [5, 5.41) is 0. The quantitative estimate of drug-likeness (QED) is 0.254. The van der Waals surface area contributed by atoms with E-state index in [9.17, 15) is 4.79 Å². The zero-order valence-electron chi connectivity index (χ0n) is 14.8. The van der Waals surface area contributed by atoms with Gasteiger partial charge in [-0.1, -0.05) is 24.5 Å². The lowest BCUT2D eigenvalue weighted by atomic mass is 9.71. The molecule has 2 rings (SSSR count). The van der Waals surface area contributed by atoms with E-state index < -0.39 is 11.6 Å². The summed E-state index contributed by atoms with van der Waals surface area (Å²) < 4.78 is 4.79. The summed E-state index contributed by atoms with van der Waals surface area (Å²) in [6.07, 6.45) is 5.58. The highest BCUT2D eigenvalue weighted by Gasteiger charge is 2.55. The maximum atomic E-state index is 10.8. The van der Waals surface area contributed by atoms with E-state index in [1.54, 1.807) is 0 Å². The van der Waals surface area contributed by atoms with Gasteiger partial charge in [-0.15, -0.1) is 5.73 Å². The van der Waals surface area contributed by atoms with Gasteiger partial charge < -0.3 is 4.74 Å². The van der Waals surface area contributed by atoms with Crippen molar-refractivity contribution in [2.75, 3.05) is 6.61 Å². The van der Waals surface area contributed by atoms with Crippen molar-refractivity contribution in [3.05, 3.63) is 52.4 Å². The fraction of sp³-hybridized carbons (Fsp3) is 0.524. The second-order valence-corrected chi connectivity index (χ2v) is 6.64. The van der Waals surface area contributed by atoms with Gasteiger partial charge >= 0.3 is 11.6 Å². The maximum absolute atomic E-state index is 10.8. The van der Waals surface area contributed by atoms with Crippen LogP contribution in [0.3, 0.4) is 0 Å². The Hall–Kier alpha value is -2.73. The first-order valence-electron chi connectivity index (χ1n) is 8.42. The highest BCUT2D eigenvalue weighted by molar-refractivity contribution is 5.66. The largest absolute Gasteiger partial charge is 0.517 e. The summed E-state index contributed by atoms with van der Waals surface area (Å²) >= 11 is 0. The van der Waals surface area contributed by atoms with Crippen LogP contribution in [-0.4, -0.2) is 18.2 Å². The Morgan fingerprint density at radius 2 is 2.08 bits per heavy atom. The minimum Gasteiger partial charge on any atom is -0.453 e. The minimum atomic E-state index is -1.31. The van der Waals surface area contributed by atoms with Crippen LogP contribution in [0.4, 0.5) is 0 Å². The molecule has 0 aliphatic heterocycles. The Morgan fingerprint density at radius 3 is 2.68 bits per heavy atom. The second-order valence-electron chi connectivity index (χ2n) is 6.64. The average Bonchev–Trinajstić information content (AvgIpc) is 2.98. The normalized spacial score (nSPS) is 23.8. The molecule has 1 fully saturated rings. The summed E-state index contributed by atoms with van der Waals surface area (Å²) in [6, 6.07) is 0. The number of ether oxygens (including phenoxy) is 1. The van der Waals surface area contributed by atoms with Gasteiger partial charge in [-0.2, -0.15) is 0 Å². The number of hydrogen-bond donors (Lipinski definition) is 0. The van der Waals surface area contributed by atoms with Gasteiger partial charge in [0.25, 0.3) is 0 Å². The van der Waals surface area contributed by atoms with E-state index in [2.05, 4.69) is 39.9 Å². The van der Waals surface area contributed by atoms with E-state index >= 15 is 0 Å². The first-order valence-corrected chi connectivity index (χ1v) is 8.42. The number of rotatable bonds is 4. The Kier molecular flexibility index (Phi) is 5.88. The number of fused-ring (bicyclic) bond motifs is 2. The molecular weight excluding hydrogens is 312 g/mol. The zero-order valence-corrected chi connectivity index (χ0v) is 14.8. The van der Waals surface area contributed by atoms with Gasteiger partial charge in [0.05, 0.1) is 0 Å². The molecule has 4 nitrogen and oxygen atoms in total. The molecule has 0 aromatic heterocycles. The van der Waals surface area contributed by atoms with E-state index in [0.717, 1.165) is 30.4 Å². The zero-order chi connectivity index (χ0) is 18.4. The number of nitrogens with zero attached hydrogens (tertiary/aromatic N) is 2. The van der Waals surface area contributed by atoms with E-state index in [4.69, 9.17) is 17.9 Å². The molecule has 0 amide bonds. The summed E-state index contributed by atoms with van der Waals surface area (Å²) in [7, 11) is 0. The van der Waals surface area contributed by atoms with Gasteiger partial charge in [-0.3, -0.25) is 4.79 Å². The summed E-state index contributed by atoms with van der Waals surface area (Å²) in [5.74, 6) is 6.16. The predicted molar refractivity (Wildman–Crippen MR) is 95.7 cm³/mol. The Bertz CT molecular complexity index is 761. The van der Waals surface area contributed by atoms with Gasteiger partial charge in [-0.05, 0) is 43.6 Å². The minimum absolute atomic E-state index is 0.0132. The van der Waals surface area contributed by atoms with Gasteiger partial charge in [0.2, 0.25) is 0 Å². The molecule has 0 saturated heterocycles. The monoisotopic (exact) mass is 334 g/mol. The number of carbonyl (C=O) groups excluding carboxylic acids is 1. The van der Waals surface area contributed by atoms with Crippen molar-refractivity contribution in [2.45, 2.75) is 45.2 Å². The van der Waals surface area contributed by atoms with Crippen LogP contribution in [0.2, 0.25) is 0 Å². The van der Waals surface area contributed by atoms with Gasteiger partial charge in [0.1, 0.15) is 5.57 Å². The van der Waals surface area contributed by atoms with Gasteiger partial charge in [-0.25, -0.2) is 22.8 Å². The third-order valence-corrected chi connectivity index (χ3v) is 5.12. The number of carbonyl (C=O) groups is 1. The lowest BCUT2D eigenvalue weighted by molar-refractivity contribution is -0.139. The van der Waals surface area contributed by atoms with Crippen molar-refractivity contribution in [1.29, 1.82) is 0 Å². The molecule has 128 valence electrons. The van der Waals surface area contributed by atoms with Crippen LogP contribution in [0.15, 0.2) is 29.5 Å². The molecule has 25 heavy (non-hydrogen) atoms. The highest BCUT2D eigenvalue weighted by atomic mass is 16.5. The second kappa shape index (κ2) is 7.90. The molecule has 4 heteroatoms. The summed E-state index contributed by atoms with van der Waals surface area (Å²) in [5.41, 5.74) is 3.54. The van der Waals surface area contributed by atoms with Crippen LogP contribution in [0.5, 0.6) is 0 Å². The van der Waals surface area contributed by atoms with Crippen molar-refractivity contribution in [3.8, 4) is 11.8 Å². The van der Waals surface area contributed by atoms with E-state index in [1.165, 1.54) is 6.92 Å². The van der Waals surface area contributed by atoms with Crippen LogP contribution in [-0.2, 0) is 9.53 Å². The summed E-state index contributed by atoms with van der Waals surface area (Å²) in [6.45, 7) is 22.5. The van der Waals surface area contributed by atoms with Crippen molar-refractivity contribution in [2.24, 2.45) is 17.8 Å². The van der Waals surface area contributed by atoms with E-state index in [-0.39, 0.29) is 18.9 Å². The molecule has 0 N–H and O–H groups in total. The van der Waals surface area contributed by atoms with Crippen LogP contribution in [0, 0.1) is 42.7 Å². The van der Waals surface area contributed by atoms with Crippen LogP contribution < -0.4 is 0 Å². The van der Waals surface area contributed by atoms with Crippen molar-refractivity contribution in [3.63, 3.8) is 0 Å². The molecular formula is C21H22N2O2. The number of esters is 1. The standard InChI is InChI=1S/C21H22N2O2/c1-6-15(2)20-18-10-9-17(13-18)14-19(20)21(22-4,23-5)11-7-8-12-25-16(3)24/h14,17-18,20H,1,9-13H2,2-3H3/t17-,18?,20-/m0/s1. The molecule has 0 heterocycles. The molecule has 0 aromatic rings. The van der Waals surface area contributed by atoms with E-state index in [1.807, 2.05) is 6.92 Å². The van der Waals surface area contributed by atoms with Gasteiger partial charge in [0, 0.05) is 12.8 Å². The van der Waals surface area contributed by atoms with Crippen LogP contribution in [0.1, 0.15) is 39.5 Å². The molecule has 2 bridgehead atoms. The first kappa shape index (κ1) is 18.6.